The first-order valence-corrected chi connectivity index (χ1v) is 8.09. The van der Waals surface area contributed by atoms with E-state index < -0.39 is 0 Å². The zero-order chi connectivity index (χ0) is 18.1. The van der Waals surface area contributed by atoms with Crippen LogP contribution in [-0.2, 0) is 0 Å². The molecular weight excluding hydrogens is 331 g/mol. The van der Waals surface area contributed by atoms with Crippen LogP contribution < -0.4 is 0 Å². The summed E-state index contributed by atoms with van der Waals surface area (Å²) in [7, 11) is 0. The van der Waals surface area contributed by atoms with Crippen molar-refractivity contribution in [2.75, 3.05) is 0 Å². The monoisotopic (exact) mass is 346 g/mol. The van der Waals surface area contributed by atoms with Gasteiger partial charge in [0.1, 0.15) is 17.1 Å². The number of halogens is 1. The van der Waals surface area contributed by atoms with E-state index in [1.807, 2.05) is 25.1 Å². The molecule has 0 spiro atoms. The molecule has 128 valence electrons. The summed E-state index contributed by atoms with van der Waals surface area (Å²) in [5.74, 6) is 0.00809. The zero-order valence-electron chi connectivity index (χ0n) is 14.0. The molecule has 0 radical (unpaired) electrons. The Labute approximate surface area is 149 Å². The largest absolute Gasteiger partial charge is 0.507 e. The van der Waals surface area contributed by atoms with Gasteiger partial charge < -0.3 is 9.52 Å². The van der Waals surface area contributed by atoms with Gasteiger partial charge in [0.2, 0.25) is 5.89 Å². The van der Waals surface area contributed by atoms with E-state index in [0.29, 0.717) is 28.3 Å². The number of fused-ring (bicyclic) bond motifs is 1. The topological polar surface area (TPSA) is 58.6 Å². The summed E-state index contributed by atoms with van der Waals surface area (Å²) in [6.07, 6.45) is 1.45. The van der Waals surface area contributed by atoms with Crippen LogP contribution in [0.15, 0.2) is 70.1 Å². The number of aliphatic imine (C=N–C) groups is 1. The van der Waals surface area contributed by atoms with Crippen molar-refractivity contribution in [3.05, 3.63) is 77.6 Å². The van der Waals surface area contributed by atoms with Crippen molar-refractivity contribution in [1.82, 2.24) is 4.98 Å². The van der Waals surface area contributed by atoms with E-state index in [1.54, 1.807) is 30.3 Å². The van der Waals surface area contributed by atoms with Crippen molar-refractivity contribution in [1.29, 1.82) is 0 Å². The number of hydrogen-bond acceptors (Lipinski definition) is 4. The summed E-state index contributed by atoms with van der Waals surface area (Å²) in [5.41, 5.74) is 3.82. The molecule has 0 aliphatic rings. The van der Waals surface area contributed by atoms with Crippen LogP contribution in [0.3, 0.4) is 0 Å². The highest BCUT2D eigenvalue weighted by molar-refractivity contribution is 5.83. The molecule has 0 fully saturated rings. The molecule has 1 heterocycles. The average molecular weight is 346 g/mol. The van der Waals surface area contributed by atoms with E-state index in [2.05, 4.69) is 9.98 Å². The predicted octanol–water partition coefficient (Wildman–Crippen LogP) is 5.40. The fraction of sp³-hybridized carbons (Fsp3) is 0.0476. The van der Waals surface area contributed by atoms with Gasteiger partial charge in [-0.05, 0) is 48.9 Å². The second-order valence-corrected chi connectivity index (χ2v) is 5.97. The summed E-state index contributed by atoms with van der Waals surface area (Å²) in [6.45, 7) is 1.98. The van der Waals surface area contributed by atoms with Gasteiger partial charge in [0, 0.05) is 11.8 Å². The Kier molecular flexibility index (Phi) is 3.97. The van der Waals surface area contributed by atoms with Gasteiger partial charge in [-0.1, -0.05) is 24.3 Å². The minimum Gasteiger partial charge on any atom is -0.507 e. The van der Waals surface area contributed by atoms with E-state index in [4.69, 9.17) is 4.42 Å². The lowest BCUT2D eigenvalue weighted by atomic mass is 10.1. The van der Waals surface area contributed by atoms with Crippen LogP contribution in [0.4, 0.5) is 10.1 Å². The number of aromatic hydroxyl groups is 1. The molecule has 4 nitrogen and oxygen atoms in total. The van der Waals surface area contributed by atoms with Gasteiger partial charge in [0.25, 0.3) is 0 Å². The van der Waals surface area contributed by atoms with Crippen molar-refractivity contribution in [3.8, 4) is 17.2 Å². The minimum absolute atomic E-state index is 0.0399. The fourth-order valence-corrected chi connectivity index (χ4v) is 2.65. The highest BCUT2D eigenvalue weighted by atomic mass is 19.1. The number of phenols is 1. The highest BCUT2D eigenvalue weighted by Crippen LogP contribution is 2.34. The molecule has 1 N–H and O–H groups in total. The lowest BCUT2D eigenvalue weighted by molar-refractivity contribution is 0.474. The number of aryl methyl sites for hydroxylation is 1. The van der Waals surface area contributed by atoms with E-state index in [-0.39, 0.29) is 11.6 Å². The van der Waals surface area contributed by atoms with Crippen LogP contribution in [0.25, 0.3) is 22.6 Å². The Morgan fingerprint density at radius 2 is 1.92 bits per heavy atom. The Morgan fingerprint density at radius 3 is 2.77 bits per heavy atom. The van der Waals surface area contributed by atoms with Gasteiger partial charge >= 0.3 is 0 Å². The maximum absolute atomic E-state index is 13.7. The number of nitrogens with zero attached hydrogens (tertiary/aromatic N) is 2. The maximum atomic E-state index is 13.7. The summed E-state index contributed by atoms with van der Waals surface area (Å²) >= 11 is 0. The third kappa shape index (κ3) is 3.07. The zero-order valence-corrected chi connectivity index (χ0v) is 14.0. The van der Waals surface area contributed by atoms with Crippen LogP contribution in [0.1, 0.15) is 11.1 Å². The minimum atomic E-state index is -0.343. The van der Waals surface area contributed by atoms with Gasteiger partial charge in [-0.3, -0.25) is 4.99 Å². The number of phenolic OH excluding ortho intramolecular Hbond substituents is 1. The Morgan fingerprint density at radius 1 is 1.08 bits per heavy atom. The summed E-state index contributed by atoms with van der Waals surface area (Å²) in [4.78, 5) is 8.73. The lowest BCUT2D eigenvalue weighted by Gasteiger charge is -2.02. The molecule has 3 aromatic carbocycles. The molecule has 4 rings (SSSR count). The van der Waals surface area contributed by atoms with E-state index in [9.17, 15) is 9.50 Å². The number of benzene rings is 3. The van der Waals surface area contributed by atoms with Crippen LogP contribution >= 0.6 is 0 Å². The quantitative estimate of drug-likeness (QED) is 0.505. The number of rotatable bonds is 3. The smallest absolute Gasteiger partial charge is 0.231 e. The third-order valence-electron chi connectivity index (χ3n) is 4.01. The Balaban J connectivity index is 1.73. The first kappa shape index (κ1) is 16.0. The van der Waals surface area contributed by atoms with Crippen molar-refractivity contribution in [3.63, 3.8) is 0 Å². The first-order chi connectivity index (χ1) is 12.6. The first-order valence-electron chi connectivity index (χ1n) is 8.09. The van der Waals surface area contributed by atoms with Gasteiger partial charge in [0.05, 0.1) is 11.3 Å². The van der Waals surface area contributed by atoms with Crippen LogP contribution in [0.5, 0.6) is 5.75 Å². The van der Waals surface area contributed by atoms with Gasteiger partial charge in [-0.15, -0.1) is 0 Å². The molecule has 0 amide bonds. The molecule has 0 atom stereocenters. The van der Waals surface area contributed by atoms with Gasteiger partial charge in [0.15, 0.2) is 5.58 Å². The van der Waals surface area contributed by atoms with Gasteiger partial charge in [-0.25, -0.2) is 9.37 Å². The molecule has 0 saturated heterocycles. The standard InChI is InChI=1S/C21H15FN2O2/c1-13-6-9-20-18(10-13)24-21(26-20)16-11-15(7-8-19(16)25)23-12-14-4-2-3-5-17(14)22/h2-12,25H,1H3. The van der Waals surface area contributed by atoms with Crippen molar-refractivity contribution in [2.24, 2.45) is 4.99 Å². The normalized spacial score (nSPS) is 11.5. The molecule has 4 aromatic rings. The van der Waals surface area contributed by atoms with Crippen LogP contribution in [0, 0.1) is 12.7 Å². The summed E-state index contributed by atoms with van der Waals surface area (Å²) in [6, 6.07) is 16.9. The van der Waals surface area contributed by atoms with Crippen molar-refractivity contribution in [2.45, 2.75) is 6.92 Å². The second kappa shape index (κ2) is 6.44. The number of oxazole rings is 1. The average Bonchev–Trinajstić information content (AvgIpc) is 3.05. The molecule has 0 saturated carbocycles. The fourth-order valence-electron chi connectivity index (χ4n) is 2.65. The molecular formula is C21H15FN2O2. The van der Waals surface area contributed by atoms with E-state index in [1.165, 1.54) is 18.3 Å². The number of aromatic nitrogens is 1. The highest BCUT2D eigenvalue weighted by Gasteiger charge is 2.13. The van der Waals surface area contributed by atoms with Crippen molar-refractivity contribution < 1.29 is 13.9 Å². The third-order valence-corrected chi connectivity index (χ3v) is 4.01. The molecule has 0 bridgehead atoms. The van der Waals surface area contributed by atoms with Crippen molar-refractivity contribution >= 4 is 23.0 Å². The lowest BCUT2D eigenvalue weighted by Crippen LogP contribution is -1.86. The van der Waals surface area contributed by atoms with Crippen LogP contribution in [0.2, 0.25) is 0 Å². The molecule has 0 aliphatic carbocycles. The summed E-state index contributed by atoms with van der Waals surface area (Å²) < 4.78 is 19.4. The molecule has 0 unspecified atom stereocenters. The maximum Gasteiger partial charge on any atom is 0.231 e. The second-order valence-electron chi connectivity index (χ2n) is 5.97. The molecule has 0 aliphatic heterocycles. The molecule has 26 heavy (non-hydrogen) atoms. The predicted molar refractivity (Wildman–Crippen MR) is 99.5 cm³/mol. The van der Waals surface area contributed by atoms with Crippen LogP contribution in [-0.4, -0.2) is 16.3 Å². The Bertz CT molecular complexity index is 1130. The molecule has 1 aromatic heterocycles. The van der Waals surface area contributed by atoms with Gasteiger partial charge in [-0.2, -0.15) is 0 Å². The molecule has 5 heteroatoms. The Hall–Kier alpha value is -3.47. The SMILES string of the molecule is Cc1ccc2oc(-c3cc(N=Cc4ccccc4F)ccc3O)nc2c1. The number of hydrogen-bond donors (Lipinski definition) is 1. The van der Waals surface area contributed by atoms with E-state index in [0.717, 1.165) is 11.1 Å². The van der Waals surface area contributed by atoms with E-state index >= 15 is 0 Å². The summed E-state index contributed by atoms with van der Waals surface area (Å²) in [5, 5.41) is 10.2.